The van der Waals surface area contributed by atoms with E-state index in [1.807, 2.05) is 26.8 Å². The molecule has 4 nitrogen and oxygen atoms in total. The van der Waals surface area contributed by atoms with E-state index in [0.29, 0.717) is 11.1 Å². The van der Waals surface area contributed by atoms with Crippen molar-refractivity contribution in [3.8, 4) is 16.9 Å². The molecule has 0 saturated carbocycles. The average Bonchev–Trinajstić information content (AvgIpc) is 2.66. The van der Waals surface area contributed by atoms with Gasteiger partial charge in [0.15, 0.2) is 0 Å². The Morgan fingerprint density at radius 1 is 1.28 bits per heavy atom. The Labute approximate surface area is 114 Å². The first-order valence-electron chi connectivity index (χ1n) is 5.54. The van der Waals surface area contributed by atoms with Gasteiger partial charge in [-0.3, -0.25) is 0 Å². The molecule has 5 heteroatoms. The molecular weight excluding hydrogens is 296 g/mol. The summed E-state index contributed by atoms with van der Waals surface area (Å²) in [7, 11) is 0. The zero-order chi connectivity index (χ0) is 13.5. The van der Waals surface area contributed by atoms with Crippen LogP contribution in [0.3, 0.4) is 0 Å². The number of nitrogens with two attached hydrogens (primary N) is 1. The third-order valence-corrected chi connectivity index (χ3v) is 3.23. The van der Waals surface area contributed by atoms with E-state index in [1.165, 1.54) is 6.20 Å². The highest BCUT2D eigenvalue weighted by molar-refractivity contribution is 9.10. The van der Waals surface area contributed by atoms with Gasteiger partial charge in [-0.05, 0) is 17.5 Å². The maximum Gasteiger partial charge on any atom is 0.230 e. The second kappa shape index (κ2) is 4.31. The summed E-state index contributed by atoms with van der Waals surface area (Å²) in [5.74, 6) is 0.406. The summed E-state index contributed by atoms with van der Waals surface area (Å²) in [6.45, 7) is 6.11. The minimum atomic E-state index is -0.172. The van der Waals surface area contributed by atoms with Gasteiger partial charge in [0, 0.05) is 15.6 Å². The number of anilines is 1. The summed E-state index contributed by atoms with van der Waals surface area (Å²) < 4.78 is 5.72. The second-order valence-corrected chi connectivity index (χ2v) is 6.12. The predicted octanol–water partition coefficient (Wildman–Crippen LogP) is 3.69. The van der Waals surface area contributed by atoms with Crippen LogP contribution in [0.4, 0.5) is 5.88 Å². The fourth-order valence-electron chi connectivity index (χ4n) is 1.83. The first-order chi connectivity index (χ1) is 8.30. The van der Waals surface area contributed by atoms with Crippen LogP contribution in [0.2, 0.25) is 0 Å². The summed E-state index contributed by atoms with van der Waals surface area (Å²) >= 11 is 3.45. The van der Waals surface area contributed by atoms with Gasteiger partial charge in [-0.25, -0.2) is 0 Å². The molecule has 0 unspecified atom stereocenters. The monoisotopic (exact) mass is 310 g/mol. The minimum absolute atomic E-state index is 0.172. The number of hydrogen-bond donors (Lipinski definition) is 2. The normalized spacial score (nSPS) is 11.8. The lowest BCUT2D eigenvalue weighted by Gasteiger charge is -2.22. The Balaban J connectivity index is 2.70. The van der Waals surface area contributed by atoms with Crippen LogP contribution >= 0.6 is 15.9 Å². The van der Waals surface area contributed by atoms with E-state index in [4.69, 9.17) is 10.3 Å². The maximum atomic E-state index is 10.4. The Morgan fingerprint density at radius 2 is 1.94 bits per heavy atom. The lowest BCUT2D eigenvalue weighted by Crippen LogP contribution is -2.11. The Kier molecular flexibility index (Phi) is 3.11. The van der Waals surface area contributed by atoms with Crippen molar-refractivity contribution in [2.75, 3.05) is 5.73 Å². The second-order valence-electron chi connectivity index (χ2n) is 5.20. The zero-order valence-corrected chi connectivity index (χ0v) is 12.1. The fourth-order valence-corrected chi connectivity index (χ4v) is 2.29. The van der Waals surface area contributed by atoms with Crippen LogP contribution in [0.25, 0.3) is 11.1 Å². The van der Waals surface area contributed by atoms with Crippen molar-refractivity contribution in [2.24, 2.45) is 0 Å². The molecule has 0 aliphatic heterocycles. The third-order valence-electron chi connectivity index (χ3n) is 2.77. The van der Waals surface area contributed by atoms with Gasteiger partial charge in [0.25, 0.3) is 0 Å². The van der Waals surface area contributed by atoms with Crippen molar-refractivity contribution in [1.29, 1.82) is 0 Å². The highest BCUT2D eigenvalue weighted by Gasteiger charge is 2.23. The number of phenols is 1. The molecule has 1 heterocycles. The Hall–Kier alpha value is -1.49. The molecule has 2 rings (SSSR count). The number of phenolic OH excluding ortho intramolecular Hbond substituents is 1. The number of rotatable bonds is 1. The Morgan fingerprint density at radius 3 is 2.44 bits per heavy atom. The largest absolute Gasteiger partial charge is 0.507 e. The van der Waals surface area contributed by atoms with E-state index in [0.717, 1.165) is 10.0 Å². The lowest BCUT2D eigenvalue weighted by atomic mass is 9.84. The van der Waals surface area contributed by atoms with Gasteiger partial charge >= 0.3 is 0 Å². The summed E-state index contributed by atoms with van der Waals surface area (Å²) in [6.07, 6.45) is 1.50. The molecule has 0 atom stereocenters. The molecule has 0 fully saturated rings. The summed E-state index contributed by atoms with van der Waals surface area (Å²) in [5.41, 5.74) is 7.58. The summed E-state index contributed by atoms with van der Waals surface area (Å²) in [6, 6.07) is 3.70. The number of halogens is 1. The molecule has 3 N–H and O–H groups in total. The average molecular weight is 311 g/mol. The molecule has 1 aromatic carbocycles. The fraction of sp³-hybridized carbons (Fsp3) is 0.308. The van der Waals surface area contributed by atoms with E-state index < -0.39 is 0 Å². The quantitative estimate of drug-likeness (QED) is 0.842. The lowest BCUT2D eigenvalue weighted by molar-refractivity contribution is 0.436. The van der Waals surface area contributed by atoms with Gasteiger partial charge in [-0.2, -0.15) is 0 Å². The molecule has 0 aliphatic rings. The highest BCUT2D eigenvalue weighted by Crippen LogP contribution is 2.42. The predicted molar refractivity (Wildman–Crippen MR) is 74.4 cm³/mol. The van der Waals surface area contributed by atoms with Crippen LogP contribution in [-0.2, 0) is 5.41 Å². The number of nitrogen functional groups attached to an aromatic ring is 1. The van der Waals surface area contributed by atoms with E-state index in [-0.39, 0.29) is 17.0 Å². The van der Waals surface area contributed by atoms with Crippen molar-refractivity contribution < 1.29 is 9.63 Å². The van der Waals surface area contributed by atoms with Crippen molar-refractivity contribution in [3.05, 3.63) is 28.4 Å². The molecule has 0 radical (unpaired) electrons. The van der Waals surface area contributed by atoms with E-state index in [9.17, 15) is 5.11 Å². The van der Waals surface area contributed by atoms with Gasteiger partial charge in [0.1, 0.15) is 5.75 Å². The van der Waals surface area contributed by atoms with Crippen LogP contribution < -0.4 is 5.73 Å². The van der Waals surface area contributed by atoms with Crippen molar-refractivity contribution in [3.63, 3.8) is 0 Å². The van der Waals surface area contributed by atoms with Gasteiger partial charge < -0.3 is 15.4 Å². The Bertz CT molecular complexity index is 585. The van der Waals surface area contributed by atoms with Crippen LogP contribution in [0.5, 0.6) is 5.75 Å². The molecule has 1 aromatic heterocycles. The molecule has 0 bridgehead atoms. The van der Waals surface area contributed by atoms with Gasteiger partial charge in [-0.1, -0.05) is 41.9 Å². The van der Waals surface area contributed by atoms with Crippen LogP contribution in [0.1, 0.15) is 26.3 Å². The maximum absolute atomic E-state index is 10.4. The summed E-state index contributed by atoms with van der Waals surface area (Å²) in [4.78, 5) is 0. The molecule has 0 amide bonds. The highest BCUT2D eigenvalue weighted by atomic mass is 79.9. The number of aromatic nitrogens is 1. The van der Waals surface area contributed by atoms with Gasteiger partial charge in [-0.15, -0.1) is 0 Å². The molecule has 0 spiro atoms. The molecule has 96 valence electrons. The van der Waals surface area contributed by atoms with E-state index >= 15 is 0 Å². The topological polar surface area (TPSA) is 72.3 Å². The van der Waals surface area contributed by atoms with Crippen molar-refractivity contribution >= 4 is 21.8 Å². The molecule has 2 aromatic rings. The van der Waals surface area contributed by atoms with Gasteiger partial charge in [0.2, 0.25) is 5.88 Å². The van der Waals surface area contributed by atoms with Gasteiger partial charge in [0.05, 0.1) is 11.8 Å². The molecule has 0 aliphatic carbocycles. The SMILES string of the molecule is CC(C)(C)c1cc(Br)cc(-c2cnoc2N)c1O. The number of aromatic hydroxyl groups is 1. The minimum Gasteiger partial charge on any atom is -0.507 e. The van der Waals surface area contributed by atoms with Crippen LogP contribution in [0.15, 0.2) is 27.3 Å². The molecular formula is C13H15BrN2O2. The van der Waals surface area contributed by atoms with Crippen LogP contribution in [0, 0.1) is 0 Å². The number of nitrogens with zero attached hydrogens (tertiary/aromatic N) is 1. The molecule has 18 heavy (non-hydrogen) atoms. The smallest absolute Gasteiger partial charge is 0.230 e. The summed E-state index contributed by atoms with van der Waals surface area (Å²) in [5, 5.41) is 14.0. The van der Waals surface area contributed by atoms with E-state index in [1.54, 1.807) is 6.07 Å². The van der Waals surface area contributed by atoms with E-state index in [2.05, 4.69) is 21.1 Å². The van der Waals surface area contributed by atoms with Crippen molar-refractivity contribution in [1.82, 2.24) is 5.16 Å². The number of benzene rings is 1. The molecule has 0 saturated heterocycles. The third kappa shape index (κ3) is 2.22. The zero-order valence-electron chi connectivity index (χ0n) is 10.5. The standard InChI is InChI=1S/C13H15BrN2O2/c1-13(2,3)10-5-7(14)4-8(11(10)17)9-6-16-18-12(9)15/h4-6,17H,15H2,1-3H3. The van der Waals surface area contributed by atoms with Crippen LogP contribution in [-0.4, -0.2) is 10.3 Å². The first-order valence-corrected chi connectivity index (χ1v) is 6.33. The number of hydrogen-bond acceptors (Lipinski definition) is 4. The first kappa shape index (κ1) is 13.0. The van der Waals surface area contributed by atoms with Crippen molar-refractivity contribution in [2.45, 2.75) is 26.2 Å².